The molecule has 3 nitrogen and oxygen atoms in total. The fraction of sp³-hybridized carbons (Fsp3) is 0.786. The topological polar surface area (TPSA) is 19.4 Å². The molecule has 1 aromatic heterocycles. The van der Waals surface area contributed by atoms with Crippen LogP contribution in [0.4, 0.5) is 0 Å². The number of hydrogen-bond donors (Lipinski definition) is 0. The Morgan fingerprint density at radius 1 is 1.16 bits per heavy atom. The van der Waals surface area contributed by atoms with Gasteiger partial charge in [-0.1, -0.05) is 11.6 Å². The Balaban J connectivity index is 1.41. The number of aromatic nitrogens is 1. The van der Waals surface area contributed by atoms with Gasteiger partial charge < -0.3 is 4.90 Å². The molecular formula is C14H22ClN3S. The minimum Gasteiger partial charge on any atom is -0.303 e. The van der Waals surface area contributed by atoms with Crippen molar-refractivity contribution < 1.29 is 0 Å². The molecule has 0 spiro atoms. The Hall–Kier alpha value is -0.160. The highest BCUT2D eigenvalue weighted by atomic mass is 35.5. The molecule has 3 heterocycles. The molecule has 0 unspecified atom stereocenters. The molecule has 0 amide bonds. The first kappa shape index (κ1) is 13.8. The van der Waals surface area contributed by atoms with Crippen LogP contribution >= 0.6 is 22.9 Å². The molecular weight excluding hydrogens is 278 g/mol. The predicted molar refractivity (Wildman–Crippen MR) is 80.8 cm³/mol. The quantitative estimate of drug-likeness (QED) is 0.851. The maximum Gasteiger partial charge on any atom is 0.183 e. The molecule has 0 aromatic carbocycles. The van der Waals surface area contributed by atoms with E-state index in [0.29, 0.717) is 4.47 Å². The van der Waals surface area contributed by atoms with E-state index in [1.807, 2.05) is 6.20 Å². The Kier molecular flexibility index (Phi) is 4.74. The average molecular weight is 300 g/mol. The van der Waals surface area contributed by atoms with E-state index < -0.39 is 0 Å². The molecule has 19 heavy (non-hydrogen) atoms. The van der Waals surface area contributed by atoms with Crippen LogP contribution in [0.15, 0.2) is 6.20 Å². The predicted octanol–water partition coefficient (Wildman–Crippen LogP) is 3.10. The lowest BCUT2D eigenvalue weighted by Crippen LogP contribution is -2.37. The second kappa shape index (κ2) is 6.53. The third-order valence-corrected chi connectivity index (χ3v) is 5.43. The van der Waals surface area contributed by atoms with Crippen LogP contribution in [-0.4, -0.2) is 47.5 Å². The van der Waals surface area contributed by atoms with Gasteiger partial charge in [0.15, 0.2) is 4.47 Å². The smallest absolute Gasteiger partial charge is 0.183 e. The summed E-state index contributed by atoms with van der Waals surface area (Å²) < 4.78 is 0.666. The van der Waals surface area contributed by atoms with Crippen LogP contribution in [0, 0.1) is 5.92 Å². The van der Waals surface area contributed by atoms with Gasteiger partial charge in [0, 0.05) is 24.2 Å². The SMILES string of the molecule is Clc1ncc(CN2CCC(CN3CCCC3)CC2)s1. The summed E-state index contributed by atoms with van der Waals surface area (Å²) in [6.07, 6.45) is 7.44. The van der Waals surface area contributed by atoms with Gasteiger partial charge in [-0.3, -0.25) is 4.90 Å². The zero-order valence-corrected chi connectivity index (χ0v) is 12.9. The number of likely N-dealkylation sites (tertiary alicyclic amines) is 2. The van der Waals surface area contributed by atoms with Gasteiger partial charge in [-0.25, -0.2) is 4.98 Å². The van der Waals surface area contributed by atoms with Gasteiger partial charge in [0.05, 0.1) is 0 Å². The number of halogens is 1. The van der Waals surface area contributed by atoms with Crippen molar-refractivity contribution >= 4 is 22.9 Å². The molecule has 5 heteroatoms. The lowest BCUT2D eigenvalue weighted by Gasteiger charge is -2.33. The summed E-state index contributed by atoms with van der Waals surface area (Å²) in [5.41, 5.74) is 0. The molecule has 0 saturated carbocycles. The van der Waals surface area contributed by atoms with E-state index in [0.717, 1.165) is 12.5 Å². The number of nitrogens with zero attached hydrogens (tertiary/aromatic N) is 3. The van der Waals surface area contributed by atoms with Crippen LogP contribution in [-0.2, 0) is 6.54 Å². The standard InChI is InChI=1S/C14H22ClN3S/c15-14-16-9-13(19-14)11-18-7-3-12(4-8-18)10-17-5-1-2-6-17/h9,12H,1-8,10-11H2. The summed E-state index contributed by atoms with van der Waals surface area (Å²) >= 11 is 7.49. The van der Waals surface area contributed by atoms with Crippen molar-refractivity contribution in [3.8, 4) is 0 Å². The van der Waals surface area contributed by atoms with Crippen LogP contribution in [0.1, 0.15) is 30.6 Å². The van der Waals surface area contributed by atoms with Crippen molar-refractivity contribution in [1.29, 1.82) is 0 Å². The summed E-state index contributed by atoms with van der Waals surface area (Å²) in [6, 6.07) is 0. The zero-order chi connectivity index (χ0) is 13.1. The molecule has 2 aliphatic heterocycles. The normalized spacial score (nSPS) is 23.2. The summed E-state index contributed by atoms with van der Waals surface area (Å²) in [5, 5.41) is 0. The zero-order valence-electron chi connectivity index (χ0n) is 11.4. The van der Waals surface area contributed by atoms with Gasteiger partial charge in [-0.15, -0.1) is 11.3 Å². The minimum atomic E-state index is 0.666. The molecule has 0 aliphatic carbocycles. The van der Waals surface area contributed by atoms with Crippen LogP contribution in [0.5, 0.6) is 0 Å². The van der Waals surface area contributed by atoms with Gasteiger partial charge in [0.1, 0.15) is 0 Å². The Labute approximate surface area is 124 Å². The molecule has 0 bridgehead atoms. The monoisotopic (exact) mass is 299 g/mol. The van der Waals surface area contributed by atoms with E-state index >= 15 is 0 Å². The molecule has 0 atom stereocenters. The van der Waals surface area contributed by atoms with Crippen LogP contribution in [0.3, 0.4) is 0 Å². The molecule has 0 N–H and O–H groups in total. The van der Waals surface area contributed by atoms with Crippen molar-refractivity contribution in [1.82, 2.24) is 14.8 Å². The van der Waals surface area contributed by atoms with E-state index in [9.17, 15) is 0 Å². The first-order valence-corrected chi connectivity index (χ1v) is 8.54. The van der Waals surface area contributed by atoms with E-state index in [1.54, 1.807) is 11.3 Å². The summed E-state index contributed by atoms with van der Waals surface area (Å²) in [6.45, 7) is 7.49. The summed E-state index contributed by atoms with van der Waals surface area (Å²) in [4.78, 5) is 10.6. The second-order valence-electron chi connectivity index (χ2n) is 5.81. The highest BCUT2D eigenvalue weighted by Gasteiger charge is 2.23. The maximum atomic E-state index is 5.88. The van der Waals surface area contributed by atoms with Crippen LogP contribution in [0.25, 0.3) is 0 Å². The molecule has 2 saturated heterocycles. The van der Waals surface area contributed by atoms with Crippen molar-refractivity contribution in [3.05, 3.63) is 15.5 Å². The number of thiazole rings is 1. The van der Waals surface area contributed by atoms with E-state index in [4.69, 9.17) is 11.6 Å². The van der Waals surface area contributed by atoms with E-state index in [2.05, 4.69) is 14.8 Å². The molecule has 106 valence electrons. The largest absolute Gasteiger partial charge is 0.303 e. The van der Waals surface area contributed by atoms with Gasteiger partial charge in [0.2, 0.25) is 0 Å². The number of piperidine rings is 1. The van der Waals surface area contributed by atoms with Crippen LogP contribution in [0.2, 0.25) is 4.47 Å². The van der Waals surface area contributed by atoms with Gasteiger partial charge in [-0.2, -0.15) is 0 Å². The number of hydrogen-bond acceptors (Lipinski definition) is 4. The second-order valence-corrected chi connectivity index (χ2v) is 7.50. The molecule has 3 rings (SSSR count). The fourth-order valence-electron chi connectivity index (χ4n) is 3.23. The maximum absolute atomic E-state index is 5.88. The molecule has 2 fully saturated rings. The third-order valence-electron chi connectivity index (χ3n) is 4.33. The minimum absolute atomic E-state index is 0.666. The summed E-state index contributed by atoms with van der Waals surface area (Å²) in [5.74, 6) is 0.916. The van der Waals surface area contributed by atoms with Crippen molar-refractivity contribution in [2.75, 3.05) is 32.7 Å². The molecule has 2 aliphatic rings. The van der Waals surface area contributed by atoms with E-state index in [1.165, 1.54) is 63.3 Å². The van der Waals surface area contributed by atoms with Crippen molar-refractivity contribution in [2.45, 2.75) is 32.2 Å². The van der Waals surface area contributed by atoms with Gasteiger partial charge >= 0.3 is 0 Å². The van der Waals surface area contributed by atoms with Gasteiger partial charge in [0.25, 0.3) is 0 Å². The Morgan fingerprint density at radius 3 is 2.53 bits per heavy atom. The lowest BCUT2D eigenvalue weighted by molar-refractivity contribution is 0.149. The highest BCUT2D eigenvalue weighted by molar-refractivity contribution is 7.15. The van der Waals surface area contributed by atoms with Gasteiger partial charge in [-0.05, 0) is 57.8 Å². The first-order valence-electron chi connectivity index (χ1n) is 7.34. The highest BCUT2D eigenvalue weighted by Crippen LogP contribution is 2.24. The van der Waals surface area contributed by atoms with Crippen molar-refractivity contribution in [3.63, 3.8) is 0 Å². The number of rotatable bonds is 4. The Morgan fingerprint density at radius 2 is 1.89 bits per heavy atom. The lowest BCUT2D eigenvalue weighted by atomic mass is 9.96. The van der Waals surface area contributed by atoms with Crippen LogP contribution < -0.4 is 0 Å². The molecule has 0 radical (unpaired) electrons. The summed E-state index contributed by atoms with van der Waals surface area (Å²) in [7, 11) is 0. The molecule has 1 aromatic rings. The fourth-order valence-corrected chi connectivity index (χ4v) is 4.25. The van der Waals surface area contributed by atoms with Crippen molar-refractivity contribution in [2.24, 2.45) is 5.92 Å². The van der Waals surface area contributed by atoms with E-state index in [-0.39, 0.29) is 0 Å². The Bertz CT molecular complexity index is 395. The first-order chi connectivity index (χ1) is 9.29. The third kappa shape index (κ3) is 3.91. The average Bonchev–Trinajstić information content (AvgIpc) is 3.04.